The minimum Gasteiger partial charge on any atom is -0.391 e. The number of allylic oxidation sites excluding steroid dienone is 5. The molecule has 238 valence electrons. The Morgan fingerprint density at radius 2 is 1.72 bits per heavy atom. The van der Waals surface area contributed by atoms with E-state index in [1.807, 2.05) is 39.8 Å². The standard InChI is InChI=1S/C18H21F.C15H20F3N.C3H6.C2H6/c1-13-3-6-16-12-15(9-10-18(13,16)2)11-14-4-7-17(19)8-5-14;1-3-12-7-5-8-14(16)13(12)11-15(17,18)9-6-10-19-4-2;1-3-2;1-2/h4-5,7-9,12-13H,3,6,10-11H2,1-2H3;4-5,7-8,19H,2-3,6,9-11H2,1H3;3H,1H2,2H3;1-2H3. The van der Waals surface area contributed by atoms with Crippen molar-refractivity contribution in [1.29, 1.82) is 0 Å². The second kappa shape index (κ2) is 19.2. The highest BCUT2D eigenvalue weighted by atomic mass is 19.3. The van der Waals surface area contributed by atoms with Crippen LogP contribution in [0.5, 0.6) is 0 Å². The maximum absolute atomic E-state index is 13.8. The van der Waals surface area contributed by atoms with Crippen molar-refractivity contribution in [2.75, 3.05) is 6.54 Å². The van der Waals surface area contributed by atoms with E-state index in [9.17, 15) is 17.6 Å². The van der Waals surface area contributed by atoms with Crippen LogP contribution in [0.4, 0.5) is 17.6 Å². The molecule has 0 bridgehead atoms. The lowest BCUT2D eigenvalue weighted by Gasteiger charge is -2.33. The molecule has 1 nitrogen and oxygen atoms in total. The summed E-state index contributed by atoms with van der Waals surface area (Å²) in [5.74, 6) is -2.78. The molecule has 0 spiro atoms. The van der Waals surface area contributed by atoms with Crippen LogP contribution in [0.15, 0.2) is 91.2 Å². The average Bonchev–Trinajstić information content (AvgIpc) is 3.28. The molecule has 2 aliphatic rings. The molecule has 0 heterocycles. The summed E-state index contributed by atoms with van der Waals surface area (Å²) in [4.78, 5) is 0. The molecule has 2 aromatic rings. The fourth-order valence-electron chi connectivity index (χ4n) is 5.48. The molecular weight excluding hydrogens is 546 g/mol. The lowest BCUT2D eigenvalue weighted by atomic mass is 9.71. The van der Waals surface area contributed by atoms with Crippen molar-refractivity contribution in [2.24, 2.45) is 11.3 Å². The van der Waals surface area contributed by atoms with E-state index in [0.717, 1.165) is 18.8 Å². The van der Waals surface area contributed by atoms with E-state index in [0.29, 0.717) is 30.4 Å². The number of benzene rings is 2. The highest BCUT2D eigenvalue weighted by Crippen LogP contribution is 2.52. The first-order chi connectivity index (χ1) is 20.5. The summed E-state index contributed by atoms with van der Waals surface area (Å²) in [6, 6.07) is 11.4. The Morgan fingerprint density at radius 3 is 2.33 bits per heavy atom. The van der Waals surface area contributed by atoms with Crippen molar-refractivity contribution in [3.8, 4) is 0 Å². The monoisotopic (exact) mass is 599 g/mol. The van der Waals surface area contributed by atoms with Gasteiger partial charge < -0.3 is 5.32 Å². The lowest BCUT2D eigenvalue weighted by molar-refractivity contribution is -0.00956. The molecular formula is C38H53F4N. The van der Waals surface area contributed by atoms with Crippen molar-refractivity contribution < 1.29 is 17.6 Å². The minimum atomic E-state index is -2.88. The van der Waals surface area contributed by atoms with Gasteiger partial charge in [0.2, 0.25) is 0 Å². The van der Waals surface area contributed by atoms with Gasteiger partial charge in [0.25, 0.3) is 5.92 Å². The topological polar surface area (TPSA) is 12.0 Å². The van der Waals surface area contributed by atoms with E-state index in [1.54, 1.807) is 35.9 Å². The molecule has 0 radical (unpaired) electrons. The van der Waals surface area contributed by atoms with E-state index in [2.05, 4.69) is 44.5 Å². The largest absolute Gasteiger partial charge is 0.391 e. The van der Waals surface area contributed by atoms with Gasteiger partial charge in [0.1, 0.15) is 11.6 Å². The number of fused-ring (bicyclic) bond motifs is 1. The Morgan fingerprint density at radius 1 is 1.07 bits per heavy atom. The molecule has 43 heavy (non-hydrogen) atoms. The normalized spacial score (nSPS) is 18.6. The smallest absolute Gasteiger partial charge is 0.252 e. The van der Waals surface area contributed by atoms with Crippen LogP contribution in [-0.2, 0) is 19.3 Å². The Hall–Kier alpha value is -3.08. The van der Waals surface area contributed by atoms with Crippen molar-refractivity contribution in [2.45, 2.75) is 98.8 Å². The molecule has 2 aromatic carbocycles. The van der Waals surface area contributed by atoms with E-state index in [4.69, 9.17) is 0 Å². The highest BCUT2D eigenvalue weighted by Gasteiger charge is 2.40. The van der Waals surface area contributed by atoms with Crippen LogP contribution in [-0.4, -0.2) is 12.5 Å². The zero-order valence-electron chi connectivity index (χ0n) is 27.2. The van der Waals surface area contributed by atoms with E-state index >= 15 is 0 Å². The highest BCUT2D eigenvalue weighted by molar-refractivity contribution is 5.39. The number of alkyl halides is 2. The molecule has 2 aliphatic carbocycles. The Bertz CT molecular complexity index is 1180. The second-order valence-electron chi connectivity index (χ2n) is 11.2. The first kappa shape index (κ1) is 37.9. The minimum absolute atomic E-state index is 0.145. The van der Waals surface area contributed by atoms with Crippen molar-refractivity contribution >= 4 is 0 Å². The molecule has 1 N–H and O–H groups in total. The fraction of sp³-hybridized carbons (Fsp3) is 0.474. The summed E-state index contributed by atoms with van der Waals surface area (Å²) in [7, 11) is 0. The maximum atomic E-state index is 13.8. The third-order valence-electron chi connectivity index (χ3n) is 8.18. The third-order valence-corrected chi connectivity index (χ3v) is 8.18. The second-order valence-corrected chi connectivity index (χ2v) is 11.2. The maximum Gasteiger partial charge on any atom is 0.252 e. The number of aryl methyl sites for hydroxylation is 1. The van der Waals surface area contributed by atoms with Gasteiger partial charge in [0.15, 0.2) is 0 Å². The molecule has 1 fully saturated rings. The van der Waals surface area contributed by atoms with Crippen LogP contribution in [0.3, 0.4) is 0 Å². The molecule has 2 unspecified atom stereocenters. The van der Waals surface area contributed by atoms with Gasteiger partial charge in [-0.1, -0.05) is 89.3 Å². The van der Waals surface area contributed by atoms with Crippen LogP contribution >= 0.6 is 0 Å². The van der Waals surface area contributed by atoms with Crippen molar-refractivity contribution in [3.63, 3.8) is 0 Å². The molecule has 0 amide bonds. The molecule has 0 aliphatic heterocycles. The zero-order valence-corrected chi connectivity index (χ0v) is 27.2. The number of nitrogens with one attached hydrogen (secondary N) is 1. The first-order valence-corrected chi connectivity index (χ1v) is 15.7. The molecule has 2 atom stereocenters. The van der Waals surface area contributed by atoms with E-state index in [-0.39, 0.29) is 17.8 Å². The summed E-state index contributed by atoms with van der Waals surface area (Å²) in [5, 5.41) is 2.78. The lowest BCUT2D eigenvalue weighted by Crippen LogP contribution is -2.23. The first-order valence-electron chi connectivity index (χ1n) is 15.7. The van der Waals surface area contributed by atoms with Crippen LogP contribution in [0.25, 0.3) is 0 Å². The van der Waals surface area contributed by atoms with Crippen molar-refractivity contribution in [3.05, 3.63) is 120 Å². The van der Waals surface area contributed by atoms with Gasteiger partial charge in [0.05, 0.1) is 0 Å². The van der Waals surface area contributed by atoms with Gasteiger partial charge in [-0.15, -0.1) is 6.58 Å². The van der Waals surface area contributed by atoms with Gasteiger partial charge in [-0.3, -0.25) is 0 Å². The summed E-state index contributed by atoms with van der Waals surface area (Å²) in [5.41, 5.74) is 5.41. The summed E-state index contributed by atoms with van der Waals surface area (Å²) >= 11 is 0. The predicted octanol–water partition coefficient (Wildman–Crippen LogP) is 11.4. The SMILES string of the molecule is C=CC.C=CNCCCC(F)(F)Cc1c(F)cccc1CC.CC.CC1CCC2=CC(Cc3ccc(F)cc3)=CCC21C. The Kier molecular flexibility index (Phi) is 17.0. The van der Waals surface area contributed by atoms with Gasteiger partial charge >= 0.3 is 0 Å². The van der Waals surface area contributed by atoms with Crippen LogP contribution < -0.4 is 5.32 Å². The quantitative estimate of drug-likeness (QED) is 0.163. The number of rotatable bonds is 10. The van der Waals surface area contributed by atoms with Gasteiger partial charge in [-0.2, -0.15) is 0 Å². The molecule has 5 heteroatoms. The Labute approximate surface area is 258 Å². The van der Waals surface area contributed by atoms with Crippen LogP contribution in [0.2, 0.25) is 0 Å². The van der Waals surface area contributed by atoms with Gasteiger partial charge in [-0.05, 0) is 103 Å². The predicted molar refractivity (Wildman–Crippen MR) is 176 cm³/mol. The van der Waals surface area contributed by atoms with Crippen LogP contribution in [0, 0.1) is 23.0 Å². The zero-order chi connectivity index (χ0) is 32.5. The van der Waals surface area contributed by atoms with E-state index in [1.165, 1.54) is 36.2 Å². The number of hydrogen-bond donors (Lipinski definition) is 1. The molecule has 0 saturated heterocycles. The number of halogens is 4. The molecule has 1 saturated carbocycles. The molecule has 4 rings (SSSR count). The summed E-state index contributed by atoms with van der Waals surface area (Å²) in [6.07, 6.45) is 12.8. The summed E-state index contributed by atoms with van der Waals surface area (Å²) in [6.45, 7) is 19.8. The summed E-state index contributed by atoms with van der Waals surface area (Å²) < 4.78 is 54.2. The third kappa shape index (κ3) is 12.2. The van der Waals surface area contributed by atoms with Gasteiger partial charge in [-0.25, -0.2) is 17.6 Å². The van der Waals surface area contributed by atoms with Gasteiger partial charge in [0, 0.05) is 19.4 Å². The van der Waals surface area contributed by atoms with E-state index < -0.39 is 18.2 Å². The Balaban J connectivity index is 0.000000374. The molecule has 0 aromatic heterocycles. The number of hydrogen-bond acceptors (Lipinski definition) is 1. The fourth-order valence-corrected chi connectivity index (χ4v) is 5.48. The average molecular weight is 600 g/mol. The van der Waals surface area contributed by atoms with Crippen molar-refractivity contribution in [1.82, 2.24) is 5.32 Å². The van der Waals surface area contributed by atoms with Crippen LogP contribution in [0.1, 0.15) is 90.3 Å².